The zero-order valence-corrected chi connectivity index (χ0v) is 11.6. The lowest BCUT2D eigenvalue weighted by atomic mass is 10.0. The van der Waals surface area contributed by atoms with Crippen molar-refractivity contribution in [3.05, 3.63) is 29.6 Å². The highest BCUT2D eigenvalue weighted by Crippen LogP contribution is 2.29. The van der Waals surface area contributed by atoms with Gasteiger partial charge in [0.25, 0.3) is 0 Å². The number of nitrogens with zero attached hydrogens (tertiary/aromatic N) is 1. The normalized spacial score (nSPS) is 17.9. The van der Waals surface area contributed by atoms with Gasteiger partial charge in [-0.25, -0.2) is 17.5 Å². The molecule has 0 bridgehead atoms. The second-order valence-electron chi connectivity index (χ2n) is 5.01. The van der Waals surface area contributed by atoms with Crippen LogP contribution in [0.5, 0.6) is 0 Å². The van der Waals surface area contributed by atoms with E-state index in [1.54, 1.807) is 6.07 Å². The maximum atomic E-state index is 13.7. The predicted molar refractivity (Wildman–Crippen MR) is 69.7 cm³/mol. The molecule has 0 unspecified atom stereocenters. The van der Waals surface area contributed by atoms with Crippen molar-refractivity contribution in [1.29, 1.82) is 5.26 Å². The molecule has 0 spiro atoms. The van der Waals surface area contributed by atoms with Crippen LogP contribution in [0, 0.1) is 17.1 Å². The smallest absolute Gasteiger partial charge is 0.243 e. The van der Waals surface area contributed by atoms with E-state index in [1.807, 2.05) is 0 Å². The third-order valence-corrected chi connectivity index (χ3v) is 4.91. The van der Waals surface area contributed by atoms with Crippen LogP contribution in [0.3, 0.4) is 0 Å². The van der Waals surface area contributed by atoms with Crippen LogP contribution in [-0.4, -0.2) is 25.7 Å². The number of nitriles is 1. The van der Waals surface area contributed by atoms with Crippen molar-refractivity contribution in [3.8, 4) is 6.07 Å². The molecule has 1 aliphatic rings. The molecule has 1 aliphatic carbocycles. The van der Waals surface area contributed by atoms with Gasteiger partial charge in [-0.3, -0.25) is 0 Å². The summed E-state index contributed by atoms with van der Waals surface area (Å²) in [6.45, 7) is -0.130. The topological polar surface area (TPSA) is 90.2 Å². The number of hydrogen-bond donors (Lipinski definition) is 2. The van der Waals surface area contributed by atoms with Crippen molar-refractivity contribution in [3.63, 3.8) is 0 Å². The van der Waals surface area contributed by atoms with Crippen LogP contribution in [0.4, 0.5) is 4.39 Å². The molecule has 0 amide bonds. The van der Waals surface area contributed by atoms with Crippen molar-refractivity contribution < 1.29 is 17.9 Å². The number of nitrogens with one attached hydrogen (secondary N) is 1. The van der Waals surface area contributed by atoms with E-state index in [0.717, 1.165) is 25.0 Å². The third-order valence-electron chi connectivity index (χ3n) is 3.48. The minimum atomic E-state index is -4.04. The van der Waals surface area contributed by atoms with Crippen molar-refractivity contribution in [2.24, 2.45) is 0 Å². The lowest BCUT2D eigenvalue weighted by molar-refractivity contribution is 0.0531. The van der Waals surface area contributed by atoms with Gasteiger partial charge in [-0.1, -0.05) is 12.8 Å². The van der Waals surface area contributed by atoms with Gasteiger partial charge in [-0.05, 0) is 31.0 Å². The number of rotatable bonds is 4. The number of aliphatic hydroxyl groups is 1. The lowest BCUT2D eigenvalue weighted by Crippen LogP contribution is -2.40. The van der Waals surface area contributed by atoms with Crippen LogP contribution in [-0.2, 0) is 10.0 Å². The van der Waals surface area contributed by atoms with E-state index in [1.165, 1.54) is 6.07 Å². The molecule has 0 aromatic heterocycles. The zero-order chi connectivity index (χ0) is 14.8. The van der Waals surface area contributed by atoms with Gasteiger partial charge in [0.2, 0.25) is 10.0 Å². The average Bonchev–Trinajstić information content (AvgIpc) is 2.84. The Kier molecular flexibility index (Phi) is 4.09. The number of sulfonamides is 1. The molecule has 1 fully saturated rings. The summed E-state index contributed by atoms with van der Waals surface area (Å²) in [5.74, 6) is -0.977. The Morgan fingerprint density at radius 2 is 2.05 bits per heavy atom. The molecule has 1 aromatic rings. The van der Waals surface area contributed by atoms with Gasteiger partial charge in [0.15, 0.2) is 0 Å². The summed E-state index contributed by atoms with van der Waals surface area (Å²) >= 11 is 0. The van der Waals surface area contributed by atoms with Gasteiger partial charge in [-0.15, -0.1) is 0 Å². The highest BCUT2D eigenvalue weighted by atomic mass is 32.2. The molecule has 7 heteroatoms. The number of benzene rings is 1. The monoisotopic (exact) mass is 298 g/mol. The van der Waals surface area contributed by atoms with Crippen LogP contribution in [0.25, 0.3) is 0 Å². The maximum absolute atomic E-state index is 13.7. The predicted octanol–water partition coefficient (Wildman–Crippen LogP) is 1.28. The van der Waals surface area contributed by atoms with Crippen molar-refractivity contribution in [1.82, 2.24) is 4.72 Å². The minimum Gasteiger partial charge on any atom is -0.389 e. The summed E-state index contributed by atoms with van der Waals surface area (Å²) in [5.41, 5.74) is -0.994. The Hall–Kier alpha value is -1.49. The van der Waals surface area contributed by atoms with Gasteiger partial charge >= 0.3 is 0 Å². The summed E-state index contributed by atoms with van der Waals surface area (Å²) in [4.78, 5) is -0.516. The quantitative estimate of drug-likeness (QED) is 0.876. The van der Waals surface area contributed by atoms with Gasteiger partial charge in [0.05, 0.1) is 17.2 Å². The fraction of sp³-hybridized carbons (Fsp3) is 0.462. The van der Waals surface area contributed by atoms with E-state index in [2.05, 4.69) is 4.72 Å². The summed E-state index contributed by atoms with van der Waals surface area (Å²) in [7, 11) is -4.04. The van der Waals surface area contributed by atoms with E-state index in [9.17, 15) is 17.9 Å². The SMILES string of the molecule is N#Cc1ccc(S(=O)(=O)NCC2(O)CCCC2)c(F)c1. The molecular weight excluding hydrogens is 283 g/mol. The van der Waals surface area contributed by atoms with Gasteiger partial charge in [-0.2, -0.15) is 5.26 Å². The van der Waals surface area contributed by atoms with E-state index in [0.29, 0.717) is 12.8 Å². The molecule has 108 valence electrons. The second kappa shape index (κ2) is 5.48. The summed E-state index contributed by atoms with van der Waals surface area (Å²) in [6, 6.07) is 4.90. The average molecular weight is 298 g/mol. The highest BCUT2D eigenvalue weighted by molar-refractivity contribution is 7.89. The molecular formula is C13H15FN2O3S. The Balaban J connectivity index is 2.16. The summed E-state index contributed by atoms with van der Waals surface area (Å²) < 4.78 is 39.9. The zero-order valence-electron chi connectivity index (χ0n) is 10.8. The van der Waals surface area contributed by atoms with Gasteiger partial charge in [0, 0.05) is 6.54 Å². The first-order valence-corrected chi connectivity index (χ1v) is 7.76. The van der Waals surface area contributed by atoms with Crippen molar-refractivity contribution >= 4 is 10.0 Å². The molecule has 1 saturated carbocycles. The minimum absolute atomic E-state index is 0.0517. The molecule has 0 heterocycles. The van der Waals surface area contributed by atoms with Crippen LogP contribution in [0.15, 0.2) is 23.1 Å². The van der Waals surface area contributed by atoms with Crippen LogP contribution in [0.1, 0.15) is 31.2 Å². The fourth-order valence-electron chi connectivity index (χ4n) is 2.31. The second-order valence-corrected chi connectivity index (χ2v) is 6.75. The van der Waals surface area contributed by atoms with Crippen molar-refractivity contribution in [2.45, 2.75) is 36.2 Å². The largest absolute Gasteiger partial charge is 0.389 e. The fourth-order valence-corrected chi connectivity index (χ4v) is 3.48. The molecule has 5 nitrogen and oxygen atoms in total. The van der Waals surface area contributed by atoms with Crippen molar-refractivity contribution in [2.75, 3.05) is 6.54 Å². The summed E-state index contributed by atoms with van der Waals surface area (Å²) in [5, 5.41) is 18.7. The highest BCUT2D eigenvalue weighted by Gasteiger charge is 2.33. The maximum Gasteiger partial charge on any atom is 0.243 e. The van der Waals surface area contributed by atoms with E-state index >= 15 is 0 Å². The Morgan fingerprint density at radius 1 is 1.40 bits per heavy atom. The number of hydrogen-bond acceptors (Lipinski definition) is 4. The molecule has 2 N–H and O–H groups in total. The lowest BCUT2D eigenvalue weighted by Gasteiger charge is -2.22. The summed E-state index contributed by atoms with van der Waals surface area (Å²) in [6.07, 6.45) is 2.77. The van der Waals surface area contributed by atoms with E-state index < -0.39 is 26.3 Å². The molecule has 20 heavy (non-hydrogen) atoms. The third kappa shape index (κ3) is 3.15. The van der Waals surface area contributed by atoms with E-state index in [-0.39, 0.29) is 12.1 Å². The molecule has 0 saturated heterocycles. The number of halogens is 1. The molecule has 0 atom stereocenters. The van der Waals surface area contributed by atoms with E-state index in [4.69, 9.17) is 5.26 Å². The molecule has 0 aliphatic heterocycles. The van der Waals surface area contributed by atoms with Crippen LogP contribution >= 0.6 is 0 Å². The Labute approximate surface area is 117 Å². The molecule has 1 aromatic carbocycles. The van der Waals surface area contributed by atoms with Crippen LogP contribution < -0.4 is 4.72 Å². The Bertz CT molecular complexity index is 646. The Morgan fingerprint density at radius 3 is 2.60 bits per heavy atom. The molecule has 2 rings (SSSR count). The standard InChI is InChI=1S/C13H15FN2O3S/c14-11-7-10(8-15)3-4-12(11)20(18,19)16-9-13(17)5-1-2-6-13/h3-4,7,16-17H,1-2,5-6,9H2. The molecule has 0 radical (unpaired) electrons. The van der Waals surface area contributed by atoms with Crippen LogP contribution in [0.2, 0.25) is 0 Å². The first-order chi connectivity index (χ1) is 9.36. The first-order valence-electron chi connectivity index (χ1n) is 6.28. The van der Waals surface area contributed by atoms with Gasteiger partial charge in [0.1, 0.15) is 10.7 Å². The first kappa shape index (κ1) is 14.9. The van der Waals surface area contributed by atoms with Gasteiger partial charge < -0.3 is 5.11 Å².